The first-order chi connectivity index (χ1) is 6.14. The largest absolute Gasteiger partial charge is 0.481 e. The Balaban J connectivity index is 2.11. The number of carboxylic acid groups (broad SMARTS) is 1. The van der Waals surface area contributed by atoms with Crippen LogP contribution in [0.3, 0.4) is 0 Å². The molecule has 2 aliphatic rings. The average molecular weight is 181 g/mol. The molecule has 1 radical (unpaired) electrons. The van der Waals surface area contributed by atoms with Crippen molar-refractivity contribution in [1.82, 2.24) is 0 Å². The zero-order valence-electron chi connectivity index (χ0n) is 7.45. The predicted molar refractivity (Wildman–Crippen MR) is 46.0 cm³/mol. The van der Waals surface area contributed by atoms with Gasteiger partial charge in [0.25, 0.3) is 0 Å². The minimum atomic E-state index is -0.721. The van der Waals surface area contributed by atoms with Crippen LogP contribution < -0.4 is 0 Å². The van der Waals surface area contributed by atoms with Crippen LogP contribution in [-0.2, 0) is 9.59 Å². The van der Waals surface area contributed by atoms with Crippen LogP contribution in [-0.4, -0.2) is 16.9 Å². The summed E-state index contributed by atoms with van der Waals surface area (Å²) in [5.74, 6) is -0.844. The molecular formula is C10H13O3. The molecule has 2 saturated carbocycles. The minimum absolute atomic E-state index is 0.136. The highest BCUT2D eigenvalue weighted by atomic mass is 16.4. The third-order valence-electron chi connectivity index (χ3n) is 3.51. The Morgan fingerprint density at radius 2 is 2.31 bits per heavy atom. The third-order valence-corrected chi connectivity index (χ3v) is 3.51. The van der Waals surface area contributed by atoms with E-state index in [1.165, 1.54) is 0 Å². The van der Waals surface area contributed by atoms with E-state index in [1.54, 1.807) is 6.42 Å². The first-order valence-electron chi connectivity index (χ1n) is 4.73. The fourth-order valence-electron chi connectivity index (χ4n) is 2.62. The van der Waals surface area contributed by atoms with Crippen LogP contribution in [0, 0.1) is 17.8 Å². The van der Waals surface area contributed by atoms with E-state index in [1.807, 2.05) is 0 Å². The van der Waals surface area contributed by atoms with Gasteiger partial charge in [-0.1, -0.05) is 0 Å². The van der Waals surface area contributed by atoms with Crippen LogP contribution in [0.1, 0.15) is 32.1 Å². The van der Waals surface area contributed by atoms with Crippen LogP contribution in [0.15, 0.2) is 0 Å². The molecule has 0 aromatic rings. The highest BCUT2D eigenvalue weighted by Crippen LogP contribution is 2.54. The molecule has 2 fully saturated rings. The maximum atomic E-state index is 11.2. The van der Waals surface area contributed by atoms with Gasteiger partial charge in [-0.15, -0.1) is 0 Å². The van der Waals surface area contributed by atoms with E-state index in [2.05, 4.69) is 0 Å². The Kier molecular flexibility index (Phi) is 1.90. The van der Waals surface area contributed by atoms with Crippen molar-refractivity contribution < 1.29 is 14.7 Å². The molecule has 71 valence electrons. The molecule has 2 unspecified atom stereocenters. The number of rotatable bonds is 1. The summed E-state index contributed by atoms with van der Waals surface area (Å²) in [6.45, 7) is 0. The van der Waals surface area contributed by atoms with E-state index in [4.69, 9.17) is 5.11 Å². The Labute approximate surface area is 77.1 Å². The number of carbonyl (C=O) groups excluding carboxylic acids is 1. The van der Waals surface area contributed by atoms with Gasteiger partial charge in [-0.3, -0.25) is 9.59 Å². The van der Waals surface area contributed by atoms with E-state index < -0.39 is 5.97 Å². The van der Waals surface area contributed by atoms with Crippen LogP contribution in [0.4, 0.5) is 0 Å². The SMILES string of the molecule is O=C1[CH]CCC2(CCC2C(=O)O)C1. The summed E-state index contributed by atoms with van der Waals surface area (Å²) in [4.78, 5) is 22.0. The normalized spacial score (nSPS) is 38.8. The van der Waals surface area contributed by atoms with Crippen molar-refractivity contribution in [3.8, 4) is 0 Å². The number of hydrogen-bond donors (Lipinski definition) is 1. The number of carboxylic acids is 1. The predicted octanol–water partition coefficient (Wildman–Crippen LogP) is 1.42. The van der Waals surface area contributed by atoms with Gasteiger partial charge in [0, 0.05) is 12.8 Å². The molecule has 1 spiro atoms. The van der Waals surface area contributed by atoms with Gasteiger partial charge >= 0.3 is 5.97 Å². The Bertz CT molecular complexity index is 257. The minimum Gasteiger partial charge on any atom is -0.481 e. The number of hydrogen-bond acceptors (Lipinski definition) is 2. The van der Waals surface area contributed by atoms with Crippen LogP contribution in [0.5, 0.6) is 0 Å². The summed E-state index contributed by atoms with van der Waals surface area (Å²) < 4.78 is 0. The summed E-state index contributed by atoms with van der Waals surface area (Å²) in [7, 11) is 0. The van der Waals surface area contributed by atoms with Crippen molar-refractivity contribution in [2.45, 2.75) is 32.1 Å². The lowest BCUT2D eigenvalue weighted by molar-refractivity contribution is -0.157. The first-order valence-corrected chi connectivity index (χ1v) is 4.73. The Morgan fingerprint density at radius 1 is 1.54 bits per heavy atom. The van der Waals surface area contributed by atoms with E-state index in [9.17, 15) is 9.59 Å². The van der Waals surface area contributed by atoms with Crippen molar-refractivity contribution in [3.05, 3.63) is 6.42 Å². The average Bonchev–Trinajstić information content (AvgIpc) is 2.01. The summed E-state index contributed by atoms with van der Waals surface area (Å²) in [5, 5.41) is 8.92. The van der Waals surface area contributed by atoms with Gasteiger partial charge in [0.15, 0.2) is 0 Å². The number of ketones is 1. The fraction of sp³-hybridized carbons (Fsp3) is 0.700. The quantitative estimate of drug-likeness (QED) is 0.665. The second kappa shape index (κ2) is 2.82. The van der Waals surface area contributed by atoms with E-state index >= 15 is 0 Å². The third kappa shape index (κ3) is 1.26. The summed E-state index contributed by atoms with van der Waals surface area (Å²) in [6, 6.07) is 0. The maximum absolute atomic E-state index is 11.2. The van der Waals surface area contributed by atoms with Crippen molar-refractivity contribution in [1.29, 1.82) is 0 Å². The number of aliphatic carboxylic acids is 1. The van der Waals surface area contributed by atoms with Crippen LogP contribution in [0.2, 0.25) is 0 Å². The van der Waals surface area contributed by atoms with Crippen molar-refractivity contribution in [3.63, 3.8) is 0 Å². The summed E-state index contributed by atoms with van der Waals surface area (Å²) >= 11 is 0. The molecule has 1 N–H and O–H groups in total. The lowest BCUT2D eigenvalue weighted by Gasteiger charge is -2.49. The summed E-state index contributed by atoms with van der Waals surface area (Å²) in [6.07, 6.45) is 5.48. The fourth-order valence-corrected chi connectivity index (χ4v) is 2.62. The molecule has 0 aromatic carbocycles. The van der Waals surface area contributed by atoms with Crippen molar-refractivity contribution in [2.24, 2.45) is 11.3 Å². The lowest BCUT2D eigenvalue weighted by atomic mass is 9.54. The van der Waals surface area contributed by atoms with E-state index in [0.717, 1.165) is 25.7 Å². The van der Waals surface area contributed by atoms with Crippen molar-refractivity contribution in [2.75, 3.05) is 0 Å². The van der Waals surface area contributed by atoms with Crippen molar-refractivity contribution >= 4 is 11.8 Å². The molecule has 0 aromatic heterocycles. The van der Waals surface area contributed by atoms with Crippen LogP contribution >= 0.6 is 0 Å². The van der Waals surface area contributed by atoms with Gasteiger partial charge in [-0.25, -0.2) is 0 Å². The molecule has 0 heterocycles. The molecule has 2 aliphatic carbocycles. The highest BCUT2D eigenvalue weighted by Gasteiger charge is 2.52. The zero-order chi connectivity index (χ0) is 9.47. The van der Waals surface area contributed by atoms with Gasteiger partial charge in [-0.05, 0) is 31.1 Å². The molecular weight excluding hydrogens is 168 g/mol. The zero-order valence-corrected chi connectivity index (χ0v) is 7.45. The molecule has 13 heavy (non-hydrogen) atoms. The maximum Gasteiger partial charge on any atom is 0.307 e. The van der Waals surface area contributed by atoms with E-state index in [-0.39, 0.29) is 17.1 Å². The second-order valence-corrected chi connectivity index (χ2v) is 4.18. The van der Waals surface area contributed by atoms with Gasteiger partial charge in [0.2, 0.25) is 0 Å². The second-order valence-electron chi connectivity index (χ2n) is 4.18. The molecule has 3 heteroatoms. The number of carbonyl (C=O) groups is 2. The Hall–Kier alpha value is -0.860. The van der Waals surface area contributed by atoms with Gasteiger partial charge in [0.1, 0.15) is 5.78 Å². The summed E-state index contributed by atoms with van der Waals surface area (Å²) in [5.41, 5.74) is -0.169. The molecule has 3 nitrogen and oxygen atoms in total. The Morgan fingerprint density at radius 3 is 2.77 bits per heavy atom. The first kappa shape index (κ1) is 8.73. The molecule has 0 amide bonds. The molecule has 2 atom stereocenters. The molecule has 0 saturated heterocycles. The van der Waals surface area contributed by atoms with Crippen LogP contribution in [0.25, 0.3) is 0 Å². The lowest BCUT2D eigenvalue weighted by Crippen LogP contribution is -2.47. The molecule has 0 bridgehead atoms. The monoisotopic (exact) mass is 181 g/mol. The van der Waals surface area contributed by atoms with Gasteiger partial charge in [-0.2, -0.15) is 0 Å². The van der Waals surface area contributed by atoms with Gasteiger partial charge in [0.05, 0.1) is 5.92 Å². The van der Waals surface area contributed by atoms with Gasteiger partial charge < -0.3 is 5.11 Å². The number of Topliss-reactive ketones (excluding diaryl/α,β-unsaturated/α-hetero) is 1. The standard InChI is InChI=1S/C10H13O3/c11-7-2-1-4-10(6-7)5-3-8(10)9(12)13/h2,8H,1,3-6H2,(H,12,13). The topological polar surface area (TPSA) is 54.4 Å². The molecule has 0 aliphatic heterocycles. The van der Waals surface area contributed by atoms with E-state index in [0.29, 0.717) is 6.42 Å². The smallest absolute Gasteiger partial charge is 0.307 e. The molecule has 2 rings (SSSR count). The highest BCUT2D eigenvalue weighted by molar-refractivity contribution is 5.89.